The Morgan fingerprint density at radius 1 is 1.15 bits per heavy atom. The van der Waals surface area contributed by atoms with Crippen LogP contribution in [0.2, 0.25) is 10.0 Å². The number of hydrogen-bond acceptors (Lipinski definition) is 2. The highest BCUT2D eigenvalue weighted by molar-refractivity contribution is 6.31. The van der Waals surface area contributed by atoms with Crippen LogP contribution in [-0.4, -0.2) is 0 Å². The van der Waals surface area contributed by atoms with E-state index in [1.165, 1.54) is 0 Å². The van der Waals surface area contributed by atoms with Gasteiger partial charge in [0.2, 0.25) is 0 Å². The van der Waals surface area contributed by atoms with Gasteiger partial charge in [0.1, 0.15) is 11.9 Å². The van der Waals surface area contributed by atoms with E-state index in [1.54, 1.807) is 0 Å². The number of benzene rings is 2. The van der Waals surface area contributed by atoms with Gasteiger partial charge in [-0.05, 0) is 42.3 Å². The molecule has 2 atom stereocenters. The van der Waals surface area contributed by atoms with Crippen LogP contribution < -0.4 is 10.5 Å². The first kappa shape index (κ1) is 13.7. The Bertz CT molecular complexity index is 657. The van der Waals surface area contributed by atoms with Crippen molar-refractivity contribution in [1.82, 2.24) is 0 Å². The van der Waals surface area contributed by atoms with E-state index < -0.39 is 0 Å². The maximum absolute atomic E-state index is 6.24. The third kappa shape index (κ3) is 2.51. The Morgan fingerprint density at radius 3 is 2.70 bits per heavy atom. The van der Waals surface area contributed by atoms with E-state index in [0.717, 1.165) is 27.5 Å². The first-order valence-electron chi connectivity index (χ1n) is 6.52. The molecule has 1 aliphatic heterocycles. The van der Waals surface area contributed by atoms with Crippen molar-refractivity contribution in [3.05, 3.63) is 63.1 Å². The molecule has 0 bridgehead atoms. The smallest absolute Gasteiger partial charge is 0.126 e. The summed E-state index contributed by atoms with van der Waals surface area (Å²) in [5.74, 6) is 0.801. The van der Waals surface area contributed by atoms with Gasteiger partial charge in [0.05, 0.1) is 0 Å². The number of nitrogens with two attached hydrogens (primary N) is 1. The van der Waals surface area contributed by atoms with Gasteiger partial charge >= 0.3 is 0 Å². The fourth-order valence-electron chi connectivity index (χ4n) is 2.49. The zero-order chi connectivity index (χ0) is 14.3. The number of hydrogen-bond donors (Lipinski definition) is 1. The molecule has 0 aromatic heterocycles. The Hall–Kier alpha value is -1.22. The van der Waals surface area contributed by atoms with Crippen molar-refractivity contribution < 1.29 is 4.74 Å². The van der Waals surface area contributed by atoms with Crippen molar-refractivity contribution >= 4 is 23.2 Å². The first-order chi connectivity index (χ1) is 9.54. The molecular weight excluding hydrogens is 293 g/mol. The summed E-state index contributed by atoms with van der Waals surface area (Å²) >= 11 is 12.2. The number of aryl methyl sites for hydroxylation is 1. The highest BCUT2D eigenvalue weighted by atomic mass is 35.5. The first-order valence-corrected chi connectivity index (χ1v) is 7.28. The molecule has 2 nitrogen and oxygen atoms in total. The van der Waals surface area contributed by atoms with Gasteiger partial charge in [0.15, 0.2) is 0 Å². The summed E-state index contributed by atoms with van der Waals surface area (Å²) in [6.07, 6.45) is 0.643. The van der Waals surface area contributed by atoms with Crippen molar-refractivity contribution in [2.45, 2.75) is 25.5 Å². The zero-order valence-electron chi connectivity index (χ0n) is 11.1. The maximum Gasteiger partial charge on any atom is 0.126 e. The molecule has 2 aromatic rings. The van der Waals surface area contributed by atoms with E-state index in [9.17, 15) is 0 Å². The molecule has 0 saturated heterocycles. The topological polar surface area (TPSA) is 35.2 Å². The van der Waals surface area contributed by atoms with Crippen LogP contribution >= 0.6 is 23.2 Å². The summed E-state index contributed by atoms with van der Waals surface area (Å²) in [5, 5.41) is 1.43. The van der Waals surface area contributed by atoms with Gasteiger partial charge in [0, 0.05) is 28.1 Å². The third-order valence-electron chi connectivity index (χ3n) is 3.68. The van der Waals surface area contributed by atoms with Crippen LogP contribution in [0.4, 0.5) is 0 Å². The van der Waals surface area contributed by atoms with Gasteiger partial charge in [0.25, 0.3) is 0 Å². The molecule has 0 saturated carbocycles. The van der Waals surface area contributed by atoms with Crippen LogP contribution in [0.1, 0.15) is 35.3 Å². The lowest BCUT2D eigenvalue weighted by atomic mass is 9.93. The van der Waals surface area contributed by atoms with E-state index >= 15 is 0 Å². The molecular formula is C16H15Cl2NO. The van der Waals surface area contributed by atoms with Gasteiger partial charge in [-0.3, -0.25) is 0 Å². The van der Waals surface area contributed by atoms with Crippen molar-refractivity contribution in [2.24, 2.45) is 5.73 Å². The second-order valence-corrected chi connectivity index (χ2v) is 5.98. The molecule has 1 aliphatic rings. The van der Waals surface area contributed by atoms with Crippen LogP contribution in [0.15, 0.2) is 36.4 Å². The lowest BCUT2D eigenvalue weighted by molar-refractivity contribution is 0.161. The lowest BCUT2D eigenvalue weighted by Crippen LogP contribution is -2.24. The molecule has 0 amide bonds. The summed E-state index contributed by atoms with van der Waals surface area (Å²) in [5.41, 5.74) is 9.31. The predicted octanol–water partition coefficient (Wildman–Crippen LogP) is 4.83. The predicted molar refractivity (Wildman–Crippen MR) is 82.6 cm³/mol. The van der Waals surface area contributed by atoms with Gasteiger partial charge in [-0.2, -0.15) is 0 Å². The molecule has 0 radical (unpaired) electrons. The number of rotatable bonds is 1. The van der Waals surface area contributed by atoms with E-state index in [0.29, 0.717) is 11.4 Å². The van der Waals surface area contributed by atoms with E-state index in [2.05, 4.69) is 0 Å². The van der Waals surface area contributed by atoms with Crippen molar-refractivity contribution in [3.8, 4) is 5.75 Å². The van der Waals surface area contributed by atoms with Gasteiger partial charge in [-0.25, -0.2) is 0 Å². The summed E-state index contributed by atoms with van der Waals surface area (Å²) in [6, 6.07) is 11.5. The number of halogens is 2. The van der Waals surface area contributed by atoms with E-state index in [4.69, 9.17) is 33.7 Å². The summed E-state index contributed by atoms with van der Waals surface area (Å²) in [4.78, 5) is 0. The lowest BCUT2D eigenvalue weighted by Gasteiger charge is -2.31. The molecule has 1 heterocycles. The molecule has 0 fully saturated rings. The van der Waals surface area contributed by atoms with Crippen LogP contribution in [0.25, 0.3) is 0 Å². The number of fused-ring (bicyclic) bond motifs is 1. The van der Waals surface area contributed by atoms with Crippen LogP contribution in [-0.2, 0) is 0 Å². The molecule has 2 aromatic carbocycles. The normalized spacial score (nSPS) is 21.2. The van der Waals surface area contributed by atoms with Crippen molar-refractivity contribution in [2.75, 3.05) is 0 Å². The quantitative estimate of drug-likeness (QED) is 0.819. The Morgan fingerprint density at radius 2 is 1.95 bits per heavy atom. The molecule has 0 aliphatic carbocycles. The largest absolute Gasteiger partial charge is 0.485 e. The molecule has 104 valence electrons. The van der Waals surface area contributed by atoms with E-state index in [-0.39, 0.29) is 12.1 Å². The van der Waals surface area contributed by atoms with Crippen LogP contribution in [0.3, 0.4) is 0 Å². The zero-order valence-corrected chi connectivity index (χ0v) is 12.6. The maximum atomic E-state index is 6.24. The van der Waals surface area contributed by atoms with Gasteiger partial charge in [-0.1, -0.05) is 35.3 Å². The van der Waals surface area contributed by atoms with Crippen LogP contribution in [0, 0.1) is 6.92 Å². The average molecular weight is 308 g/mol. The molecule has 2 N–H and O–H groups in total. The average Bonchev–Trinajstić information content (AvgIpc) is 2.42. The highest BCUT2D eigenvalue weighted by Gasteiger charge is 2.27. The fourth-order valence-corrected chi connectivity index (χ4v) is 2.86. The minimum atomic E-state index is -0.0810. The highest BCUT2D eigenvalue weighted by Crippen LogP contribution is 2.41. The molecule has 0 spiro atoms. The minimum Gasteiger partial charge on any atom is -0.485 e. The Balaban J connectivity index is 1.94. The molecule has 20 heavy (non-hydrogen) atoms. The second kappa shape index (κ2) is 5.28. The third-order valence-corrected chi connectivity index (χ3v) is 4.32. The summed E-state index contributed by atoms with van der Waals surface area (Å²) in [6.45, 7) is 1.98. The molecule has 1 unspecified atom stereocenters. The summed E-state index contributed by atoms with van der Waals surface area (Å²) in [7, 11) is 0. The second-order valence-electron chi connectivity index (χ2n) is 5.14. The summed E-state index contributed by atoms with van der Waals surface area (Å²) < 4.78 is 6.04. The van der Waals surface area contributed by atoms with Crippen molar-refractivity contribution in [3.63, 3.8) is 0 Å². The standard InChI is InChI=1S/C16H15Cl2NO/c1-9-2-3-10(6-13(9)18)16-8-14(19)12-7-11(17)4-5-15(12)20-16/h2-7,14,16H,8,19H2,1H3/t14-,16?/m0/s1. The fraction of sp³-hybridized carbons (Fsp3) is 0.250. The Labute approximate surface area is 128 Å². The number of ether oxygens (including phenoxy) is 1. The van der Waals surface area contributed by atoms with E-state index in [1.807, 2.05) is 43.3 Å². The van der Waals surface area contributed by atoms with Crippen LogP contribution in [0.5, 0.6) is 5.75 Å². The van der Waals surface area contributed by atoms with Gasteiger partial charge in [-0.15, -0.1) is 0 Å². The monoisotopic (exact) mass is 307 g/mol. The Kier molecular flexibility index (Phi) is 3.63. The van der Waals surface area contributed by atoms with Crippen molar-refractivity contribution in [1.29, 1.82) is 0 Å². The van der Waals surface area contributed by atoms with Gasteiger partial charge < -0.3 is 10.5 Å². The minimum absolute atomic E-state index is 0.0724. The molecule has 4 heteroatoms. The molecule has 3 rings (SSSR count). The SMILES string of the molecule is Cc1ccc(C2C[C@H](N)c3cc(Cl)ccc3O2)cc1Cl.